The zero-order valence-electron chi connectivity index (χ0n) is 19.2. The van der Waals surface area contributed by atoms with E-state index in [9.17, 15) is 19.5 Å². The molecule has 0 radical (unpaired) electrons. The number of hydrogen-bond acceptors (Lipinski definition) is 6. The largest absolute Gasteiger partial charge is 0.497 e. The van der Waals surface area contributed by atoms with E-state index in [0.29, 0.717) is 23.7 Å². The third-order valence-electron chi connectivity index (χ3n) is 6.27. The number of hydrogen-bond donors (Lipinski definition) is 2. The summed E-state index contributed by atoms with van der Waals surface area (Å²) >= 11 is 0. The number of methoxy groups -OCH3 is 2. The molecule has 0 aromatic heterocycles. The molecule has 3 unspecified atom stereocenters. The number of carbonyl (C=O) groups is 3. The second kappa shape index (κ2) is 10.2. The van der Waals surface area contributed by atoms with Crippen molar-refractivity contribution in [2.45, 2.75) is 45.2 Å². The average Bonchev–Trinajstić information content (AvgIpc) is 3.42. The summed E-state index contributed by atoms with van der Waals surface area (Å²) in [5, 5.41) is 12.4. The van der Waals surface area contributed by atoms with Crippen LogP contribution >= 0.6 is 0 Å². The molecule has 32 heavy (non-hydrogen) atoms. The predicted octanol–water partition coefficient (Wildman–Crippen LogP) is 1.18. The molecule has 2 aliphatic heterocycles. The average molecular weight is 448 g/mol. The van der Waals surface area contributed by atoms with E-state index in [1.807, 2.05) is 13.8 Å². The molecule has 0 aliphatic carbocycles. The molecule has 0 spiro atoms. The highest BCUT2D eigenvalue weighted by molar-refractivity contribution is 6.02. The van der Waals surface area contributed by atoms with Gasteiger partial charge in [0.2, 0.25) is 17.7 Å². The van der Waals surface area contributed by atoms with E-state index in [-0.39, 0.29) is 49.3 Å². The Labute approximate surface area is 188 Å². The summed E-state index contributed by atoms with van der Waals surface area (Å²) in [6.07, 6.45) is 1.66. The van der Waals surface area contributed by atoms with Crippen LogP contribution in [-0.4, -0.2) is 73.7 Å². The highest BCUT2D eigenvalue weighted by Gasteiger charge is 2.40. The van der Waals surface area contributed by atoms with E-state index >= 15 is 0 Å². The summed E-state index contributed by atoms with van der Waals surface area (Å²) in [6, 6.07) is 4.26. The minimum absolute atomic E-state index is 0.0585. The molecule has 0 bridgehead atoms. The summed E-state index contributed by atoms with van der Waals surface area (Å²) in [5.74, 6) is -0.285. The van der Waals surface area contributed by atoms with Gasteiger partial charge in [-0.2, -0.15) is 0 Å². The number of nitrogens with one attached hydrogen (secondary N) is 1. The number of amides is 3. The fourth-order valence-corrected chi connectivity index (χ4v) is 4.40. The third-order valence-corrected chi connectivity index (χ3v) is 6.27. The molecule has 1 aromatic rings. The van der Waals surface area contributed by atoms with E-state index in [1.165, 1.54) is 12.0 Å². The van der Waals surface area contributed by atoms with Crippen LogP contribution in [0.25, 0.3) is 0 Å². The molecule has 3 rings (SSSR count). The monoisotopic (exact) mass is 447 g/mol. The Morgan fingerprint density at radius 3 is 2.62 bits per heavy atom. The van der Waals surface area contributed by atoms with Crippen molar-refractivity contribution < 1.29 is 29.0 Å². The van der Waals surface area contributed by atoms with Gasteiger partial charge >= 0.3 is 0 Å². The fourth-order valence-electron chi connectivity index (χ4n) is 4.40. The van der Waals surface area contributed by atoms with E-state index in [1.54, 1.807) is 30.2 Å². The molecule has 3 amide bonds. The van der Waals surface area contributed by atoms with Crippen molar-refractivity contribution in [2.75, 3.05) is 38.8 Å². The molecule has 2 saturated heterocycles. The number of ether oxygens (including phenoxy) is 2. The van der Waals surface area contributed by atoms with Crippen molar-refractivity contribution in [1.29, 1.82) is 0 Å². The fraction of sp³-hybridized carbons (Fsp3) is 0.609. The predicted molar refractivity (Wildman–Crippen MR) is 119 cm³/mol. The molecular weight excluding hydrogens is 414 g/mol. The zero-order valence-corrected chi connectivity index (χ0v) is 19.2. The zero-order chi connectivity index (χ0) is 23.4. The number of likely N-dealkylation sites (tertiary alicyclic amines) is 1. The van der Waals surface area contributed by atoms with Gasteiger partial charge in [-0.3, -0.25) is 14.4 Å². The second-order valence-electron chi connectivity index (χ2n) is 8.68. The number of nitrogens with zero attached hydrogens (tertiary/aromatic N) is 2. The lowest BCUT2D eigenvalue weighted by Gasteiger charge is -2.31. The molecule has 9 nitrogen and oxygen atoms in total. The third kappa shape index (κ3) is 4.82. The van der Waals surface area contributed by atoms with Gasteiger partial charge in [-0.1, -0.05) is 13.8 Å². The summed E-state index contributed by atoms with van der Waals surface area (Å²) in [6.45, 7) is 4.45. The van der Waals surface area contributed by atoms with Crippen LogP contribution in [0.4, 0.5) is 5.69 Å². The van der Waals surface area contributed by atoms with Crippen LogP contribution in [0.3, 0.4) is 0 Å². The summed E-state index contributed by atoms with van der Waals surface area (Å²) < 4.78 is 10.6. The molecule has 3 atom stereocenters. The Morgan fingerprint density at radius 2 is 2.00 bits per heavy atom. The van der Waals surface area contributed by atoms with Crippen LogP contribution in [0, 0.1) is 11.8 Å². The van der Waals surface area contributed by atoms with Gasteiger partial charge in [-0.25, -0.2) is 0 Å². The molecule has 2 aliphatic rings. The minimum atomic E-state index is -0.700. The van der Waals surface area contributed by atoms with E-state index in [2.05, 4.69) is 5.32 Å². The van der Waals surface area contributed by atoms with Gasteiger partial charge in [-0.05, 0) is 30.9 Å². The van der Waals surface area contributed by atoms with Gasteiger partial charge in [0.05, 0.1) is 38.5 Å². The Hall–Kier alpha value is -2.81. The maximum atomic E-state index is 13.1. The van der Waals surface area contributed by atoms with Gasteiger partial charge < -0.3 is 29.7 Å². The Kier molecular flexibility index (Phi) is 7.60. The molecule has 2 N–H and O–H groups in total. The van der Waals surface area contributed by atoms with Crippen LogP contribution < -0.4 is 19.7 Å². The van der Waals surface area contributed by atoms with Gasteiger partial charge in [0.1, 0.15) is 17.5 Å². The van der Waals surface area contributed by atoms with Gasteiger partial charge in [0.25, 0.3) is 0 Å². The first-order chi connectivity index (χ1) is 15.3. The first-order valence-electron chi connectivity index (χ1n) is 11.0. The van der Waals surface area contributed by atoms with Crippen LogP contribution in [0.1, 0.15) is 33.1 Å². The lowest BCUT2D eigenvalue weighted by Crippen LogP contribution is -2.54. The topological polar surface area (TPSA) is 108 Å². The normalized spacial score (nSPS) is 21.8. The number of rotatable bonds is 8. The first kappa shape index (κ1) is 23.8. The smallest absolute Gasteiger partial charge is 0.245 e. The van der Waals surface area contributed by atoms with Crippen molar-refractivity contribution in [3.05, 3.63) is 18.2 Å². The number of benzene rings is 1. The van der Waals surface area contributed by atoms with Crippen molar-refractivity contribution >= 4 is 23.4 Å². The maximum absolute atomic E-state index is 13.1. The van der Waals surface area contributed by atoms with Crippen LogP contribution in [0.5, 0.6) is 11.5 Å². The molecule has 2 fully saturated rings. The lowest BCUT2D eigenvalue weighted by molar-refractivity contribution is -0.139. The van der Waals surface area contributed by atoms with Crippen LogP contribution in [-0.2, 0) is 14.4 Å². The quantitative estimate of drug-likeness (QED) is 0.620. The van der Waals surface area contributed by atoms with Crippen LogP contribution in [0.15, 0.2) is 18.2 Å². The van der Waals surface area contributed by atoms with Crippen LogP contribution in [0.2, 0.25) is 0 Å². The molecule has 1 aromatic carbocycles. The molecule has 176 valence electrons. The Bertz CT molecular complexity index is 858. The molecule has 0 saturated carbocycles. The molecule has 2 heterocycles. The molecular formula is C23H33N3O6. The summed E-state index contributed by atoms with van der Waals surface area (Å²) in [5.41, 5.74) is 0.577. The van der Waals surface area contributed by atoms with Crippen molar-refractivity contribution in [3.8, 4) is 11.5 Å². The molecule has 9 heteroatoms. The van der Waals surface area contributed by atoms with E-state index < -0.39 is 12.0 Å². The number of anilines is 1. The summed E-state index contributed by atoms with van der Waals surface area (Å²) in [4.78, 5) is 42.1. The van der Waals surface area contributed by atoms with Crippen molar-refractivity contribution in [2.24, 2.45) is 11.8 Å². The van der Waals surface area contributed by atoms with Crippen molar-refractivity contribution in [1.82, 2.24) is 10.2 Å². The lowest BCUT2D eigenvalue weighted by atomic mass is 10.00. The highest BCUT2D eigenvalue weighted by atomic mass is 16.5. The van der Waals surface area contributed by atoms with Gasteiger partial charge in [-0.15, -0.1) is 0 Å². The number of carbonyl (C=O) groups excluding carboxylic acids is 3. The summed E-state index contributed by atoms with van der Waals surface area (Å²) in [7, 11) is 3.06. The first-order valence-corrected chi connectivity index (χ1v) is 11.0. The number of aliphatic hydroxyl groups excluding tert-OH is 1. The van der Waals surface area contributed by atoms with Gasteiger partial charge in [0, 0.05) is 25.6 Å². The Morgan fingerprint density at radius 1 is 1.25 bits per heavy atom. The van der Waals surface area contributed by atoms with E-state index in [4.69, 9.17) is 9.47 Å². The SMILES string of the molecule is COc1ccc(N2CC(C(=O)NC(C(=O)N3CCCC3CO)C(C)C)CC2=O)c(OC)c1. The van der Waals surface area contributed by atoms with E-state index in [0.717, 1.165) is 12.8 Å². The van der Waals surface area contributed by atoms with Crippen molar-refractivity contribution in [3.63, 3.8) is 0 Å². The Balaban J connectivity index is 1.71. The maximum Gasteiger partial charge on any atom is 0.245 e. The standard InChI is InChI=1S/C23H33N3O6/c1-14(2)21(23(30)25-9-5-6-16(25)13-27)24-22(29)15-10-20(28)26(12-15)18-8-7-17(31-3)11-19(18)32-4/h7-8,11,14-16,21,27H,5-6,9-10,12-13H2,1-4H3,(H,24,29). The van der Waals surface area contributed by atoms with Gasteiger partial charge in [0.15, 0.2) is 0 Å². The highest BCUT2D eigenvalue weighted by Crippen LogP contribution is 2.36. The number of aliphatic hydroxyl groups is 1. The minimum Gasteiger partial charge on any atom is -0.497 e. The second-order valence-corrected chi connectivity index (χ2v) is 8.68.